The fourth-order valence-electron chi connectivity index (χ4n) is 3.88. The molecule has 1 aliphatic heterocycles. The summed E-state index contributed by atoms with van der Waals surface area (Å²) in [6.07, 6.45) is 1.83. The standard InChI is InChI=1S/C26H28N4O3/c1-29(19-21-9-5-6-13-27-21)25(31)17-24-26(32)28-14-15-30(24)18-20-8-7-12-23(16-20)33-22-10-3-2-4-11-22/h2-13,16,24H,14-15,17-19H2,1H3,(H,28,32)/t24-/m0/s1. The Morgan fingerprint density at radius 3 is 2.67 bits per heavy atom. The van der Waals surface area contributed by atoms with Crippen LogP contribution in [0.5, 0.6) is 11.5 Å². The number of amides is 2. The van der Waals surface area contributed by atoms with Crippen LogP contribution in [0.15, 0.2) is 79.0 Å². The fraction of sp³-hybridized carbons (Fsp3) is 0.269. The maximum atomic E-state index is 12.9. The molecule has 0 radical (unpaired) electrons. The molecule has 3 aromatic rings. The minimum Gasteiger partial charge on any atom is -0.457 e. The lowest BCUT2D eigenvalue weighted by molar-refractivity contribution is -0.138. The minimum atomic E-state index is -0.517. The smallest absolute Gasteiger partial charge is 0.237 e. The zero-order valence-electron chi connectivity index (χ0n) is 18.7. The summed E-state index contributed by atoms with van der Waals surface area (Å²) in [6.45, 7) is 2.21. The molecule has 1 aromatic heterocycles. The predicted octanol–water partition coefficient (Wildman–Crippen LogP) is 3.22. The largest absolute Gasteiger partial charge is 0.457 e. The van der Waals surface area contributed by atoms with E-state index in [9.17, 15) is 9.59 Å². The van der Waals surface area contributed by atoms with Crippen LogP contribution >= 0.6 is 0 Å². The highest BCUT2D eigenvalue weighted by Crippen LogP contribution is 2.23. The van der Waals surface area contributed by atoms with E-state index in [1.165, 1.54) is 0 Å². The first kappa shape index (κ1) is 22.5. The van der Waals surface area contributed by atoms with Crippen molar-refractivity contribution < 1.29 is 14.3 Å². The number of piperazine rings is 1. The molecule has 2 heterocycles. The van der Waals surface area contributed by atoms with E-state index < -0.39 is 6.04 Å². The van der Waals surface area contributed by atoms with Crippen LogP contribution in [0.4, 0.5) is 0 Å². The van der Waals surface area contributed by atoms with Crippen molar-refractivity contribution in [1.29, 1.82) is 0 Å². The molecule has 1 aliphatic rings. The van der Waals surface area contributed by atoms with Gasteiger partial charge < -0.3 is 15.0 Å². The molecule has 2 amide bonds. The first-order chi connectivity index (χ1) is 16.1. The van der Waals surface area contributed by atoms with Crippen molar-refractivity contribution in [2.24, 2.45) is 0 Å². The van der Waals surface area contributed by atoms with E-state index in [0.717, 1.165) is 22.8 Å². The van der Waals surface area contributed by atoms with Crippen LogP contribution in [0.2, 0.25) is 0 Å². The molecule has 0 aliphatic carbocycles. The van der Waals surface area contributed by atoms with E-state index in [1.807, 2.05) is 72.8 Å². The lowest BCUT2D eigenvalue weighted by Gasteiger charge is -2.35. The average Bonchev–Trinajstić information content (AvgIpc) is 2.83. The Bertz CT molecular complexity index is 1080. The topological polar surface area (TPSA) is 74.8 Å². The second kappa shape index (κ2) is 10.7. The summed E-state index contributed by atoms with van der Waals surface area (Å²) >= 11 is 0. The SMILES string of the molecule is CN(Cc1ccccn1)C(=O)C[C@H]1C(=O)NCCN1Cc1cccc(Oc2ccccc2)c1. The molecule has 1 N–H and O–H groups in total. The highest BCUT2D eigenvalue weighted by atomic mass is 16.5. The van der Waals surface area contributed by atoms with Crippen LogP contribution in [0.3, 0.4) is 0 Å². The quantitative estimate of drug-likeness (QED) is 0.578. The van der Waals surface area contributed by atoms with Gasteiger partial charge in [-0.05, 0) is 42.0 Å². The maximum absolute atomic E-state index is 12.9. The minimum absolute atomic E-state index is 0.0890. The summed E-state index contributed by atoms with van der Waals surface area (Å²) in [5, 5.41) is 2.90. The van der Waals surface area contributed by atoms with Gasteiger partial charge in [-0.2, -0.15) is 0 Å². The fourth-order valence-corrected chi connectivity index (χ4v) is 3.88. The van der Waals surface area contributed by atoms with Gasteiger partial charge in [-0.1, -0.05) is 36.4 Å². The lowest BCUT2D eigenvalue weighted by atomic mass is 10.1. The molecule has 170 valence electrons. The van der Waals surface area contributed by atoms with Gasteiger partial charge in [-0.3, -0.25) is 19.5 Å². The molecule has 0 bridgehead atoms. The normalized spacial score (nSPS) is 16.2. The molecule has 1 fully saturated rings. The monoisotopic (exact) mass is 444 g/mol. The number of hydrogen-bond acceptors (Lipinski definition) is 5. The number of para-hydroxylation sites is 1. The Labute approximate surface area is 194 Å². The molecule has 0 unspecified atom stereocenters. The van der Waals surface area contributed by atoms with Crippen molar-refractivity contribution in [1.82, 2.24) is 20.1 Å². The number of carbonyl (C=O) groups is 2. The summed E-state index contributed by atoms with van der Waals surface area (Å²) in [4.78, 5) is 33.5. The van der Waals surface area contributed by atoms with Crippen LogP contribution in [0.1, 0.15) is 17.7 Å². The summed E-state index contributed by atoms with van der Waals surface area (Å²) in [7, 11) is 1.74. The highest BCUT2D eigenvalue weighted by molar-refractivity contribution is 5.88. The highest BCUT2D eigenvalue weighted by Gasteiger charge is 2.32. The van der Waals surface area contributed by atoms with E-state index in [0.29, 0.717) is 26.2 Å². The number of aromatic nitrogens is 1. The second-order valence-corrected chi connectivity index (χ2v) is 8.11. The number of pyridine rings is 1. The molecule has 4 rings (SSSR count). The van der Waals surface area contributed by atoms with Crippen molar-refractivity contribution in [3.8, 4) is 11.5 Å². The Hall–Kier alpha value is -3.71. The molecule has 1 atom stereocenters. The number of ether oxygens (including phenoxy) is 1. The third kappa shape index (κ3) is 6.17. The van der Waals surface area contributed by atoms with E-state index in [2.05, 4.69) is 15.2 Å². The van der Waals surface area contributed by atoms with Gasteiger partial charge in [0.2, 0.25) is 11.8 Å². The van der Waals surface area contributed by atoms with E-state index in [1.54, 1.807) is 18.1 Å². The van der Waals surface area contributed by atoms with Crippen molar-refractivity contribution in [2.75, 3.05) is 20.1 Å². The number of carbonyl (C=O) groups excluding carboxylic acids is 2. The predicted molar refractivity (Wildman–Crippen MR) is 125 cm³/mol. The van der Waals surface area contributed by atoms with Gasteiger partial charge in [0.1, 0.15) is 11.5 Å². The van der Waals surface area contributed by atoms with Crippen LogP contribution in [0, 0.1) is 0 Å². The van der Waals surface area contributed by atoms with Gasteiger partial charge >= 0.3 is 0 Å². The number of rotatable bonds is 8. The first-order valence-corrected chi connectivity index (χ1v) is 11.1. The van der Waals surface area contributed by atoms with Gasteiger partial charge in [0.25, 0.3) is 0 Å². The zero-order valence-corrected chi connectivity index (χ0v) is 18.7. The molecule has 0 spiro atoms. The molecule has 7 heteroatoms. The van der Waals surface area contributed by atoms with Crippen molar-refractivity contribution >= 4 is 11.8 Å². The van der Waals surface area contributed by atoms with Crippen molar-refractivity contribution in [3.05, 3.63) is 90.3 Å². The Morgan fingerprint density at radius 1 is 1.09 bits per heavy atom. The Balaban J connectivity index is 1.41. The third-order valence-corrected chi connectivity index (χ3v) is 5.62. The van der Waals surface area contributed by atoms with Crippen LogP contribution in [-0.2, 0) is 22.7 Å². The molecular formula is C26H28N4O3. The van der Waals surface area contributed by atoms with Crippen molar-refractivity contribution in [3.63, 3.8) is 0 Å². The molecule has 2 aromatic carbocycles. The molecule has 33 heavy (non-hydrogen) atoms. The van der Waals surface area contributed by atoms with Gasteiger partial charge in [0.05, 0.1) is 24.7 Å². The van der Waals surface area contributed by atoms with Gasteiger partial charge in [-0.25, -0.2) is 0 Å². The summed E-state index contributed by atoms with van der Waals surface area (Å²) in [5.74, 6) is 1.31. The van der Waals surface area contributed by atoms with Crippen molar-refractivity contribution in [2.45, 2.75) is 25.6 Å². The lowest BCUT2D eigenvalue weighted by Crippen LogP contribution is -2.56. The van der Waals surface area contributed by atoms with Crippen LogP contribution < -0.4 is 10.1 Å². The van der Waals surface area contributed by atoms with E-state index in [4.69, 9.17) is 4.74 Å². The molecule has 1 saturated heterocycles. The first-order valence-electron chi connectivity index (χ1n) is 11.1. The van der Waals surface area contributed by atoms with Gasteiger partial charge in [0.15, 0.2) is 0 Å². The van der Waals surface area contributed by atoms with E-state index in [-0.39, 0.29) is 18.2 Å². The summed E-state index contributed by atoms with van der Waals surface area (Å²) in [6, 6.07) is 22.6. The number of nitrogens with one attached hydrogen (secondary N) is 1. The Morgan fingerprint density at radius 2 is 1.88 bits per heavy atom. The van der Waals surface area contributed by atoms with Gasteiger partial charge in [0, 0.05) is 32.9 Å². The molecule has 7 nitrogen and oxygen atoms in total. The third-order valence-electron chi connectivity index (χ3n) is 5.62. The zero-order chi connectivity index (χ0) is 23.0. The van der Waals surface area contributed by atoms with Crippen LogP contribution in [-0.4, -0.2) is 52.8 Å². The molecular weight excluding hydrogens is 416 g/mol. The number of nitrogens with zero attached hydrogens (tertiary/aromatic N) is 3. The Kier molecular flexibility index (Phi) is 7.32. The van der Waals surface area contributed by atoms with E-state index >= 15 is 0 Å². The summed E-state index contributed by atoms with van der Waals surface area (Å²) in [5.41, 5.74) is 1.84. The van der Waals surface area contributed by atoms with Gasteiger partial charge in [-0.15, -0.1) is 0 Å². The number of hydrogen-bond donors (Lipinski definition) is 1. The average molecular weight is 445 g/mol. The maximum Gasteiger partial charge on any atom is 0.237 e. The van der Waals surface area contributed by atoms with Crippen LogP contribution in [0.25, 0.3) is 0 Å². The second-order valence-electron chi connectivity index (χ2n) is 8.11. The molecule has 0 saturated carbocycles. The number of benzene rings is 2. The summed E-state index contributed by atoms with van der Waals surface area (Å²) < 4.78 is 5.94.